The smallest absolute Gasteiger partial charge is 0.253 e. The van der Waals surface area contributed by atoms with Crippen molar-refractivity contribution < 1.29 is 9.53 Å². The predicted molar refractivity (Wildman–Crippen MR) is 89.5 cm³/mol. The summed E-state index contributed by atoms with van der Waals surface area (Å²) in [4.78, 5) is 19.4. The van der Waals surface area contributed by atoms with E-state index in [9.17, 15) is 4.79 Å². The van der Waals surface area contributed by atoms with Gasteiger partial charge in [0.25, 0.3) is 5.91 Å². The van der Waals surface area contributed by atoms with Gasteiger partial charge in [0.2, 0.25) is 0 Å². The number of methoxy groups -OCH3 is 1. The van der Waals surface area contributed by atoms with Gasteiger partial charge in [0.15, 0.2) is 5.95 Å². The average molecular weight is 310 g/mol. The van der Waals surface area contributed by atoms with Crippen molar-refractivity contribution in [3.05, 3.63) is 53.6 Å². The number of rotatable bonds is 5. The molecule has 0 aliphatic rings. The number of benzene rings is 2. The maximum absolute atomic E-state index is 12.3. The van der Waals surface area contributed by atoms with Crippen LogP contribution >= 0.6 is 0 Å². The molecule has 0 saturated carbocycles. The highest BCUT2D eigenvalue weighted by Crippen LogP contribution is 2.17. The van der Waals surface area contributed by atoms with Crippen LogP contribution in [-0.4, -0.2) is 29.5 Å². The van der Waals surface area contributed by atoms with Crippen molar-refractivity contribution in [1.82, 2.24) is 15.3 Å². The Morgan fingerprint density at radius 1 is 1.26 bits per heavy atom. The van der Waals surface area contributed by atoms with Crippen LogP contribution in [0.3, 0.4) is 0 Å². The molecular weight excluding hydrogens is 292 g/mol. The quantitative estimate of drug-likeness (QED) is 0.673. The number of nitrogens with zero attached hydrogens (tertiary/aromatic N) is 1. The number of carbonyl (C=O) groups is 1. The Bertz CT molecular complexity index is 824. The number of aromatic nitrogens is 2. The molecular formula is C17H18N4O2. The fourth-order valence-corrected chi connectivity index (χ4v) is 2.44. The molecule has 118 valence electrons. The Kier molecular flexibility index (Phi) is 4.14. The molecule has 3 aromatic rings. The second-order valence-electron chi connectivity index (χ2n) is 5.18. The minimum absolute atomic E-state index is 0.157. The monoisotopic (exact) mass is 310 g/mol. The van der Waals surface area contributed by atoms with E-state index >= 15 is 0 Å². The molecule has 4 N–H and O–H groups in total. The molecule has 0 fully saturated rings. The molecule has 0 spiro atoms. The highest BCUT2D eigenvalue weighted by molar-refractivity contribution is 6.05. The molecule has 0 atom stereocenters. The number of para-hydroxylation sites is 1. The van der Waals surface area contributed by atoms with E-state index in [1.54, 1.807) is 19.2 Å². The number of nitrogen functional groups attached to an aromatic ring is 1. The molecule has 0 unspecified atom stereocenters. The number of ether oxygens (including phenoxy) is 1. The molecule has 6 nitrogen and oxygen atoms in total. The molecule has 0 bridgehead atoms. The molecule has 23 heavy (non-hydrogen) atoms. The van der Waals surface area contributed by atoms with Crippen molar-refractivity contribution in [2.45, 2.75) is 6.42 Å². The molecule has 2 aromatic carbocycles. The van der Waals surface area contributed by atoms with Crippen LogP contribution in [0.1, 0.15) is 15.9 Å². The van der Waals surface area contributed by atoms with Crippen LogP contribution in [-0.2, 0) is 6.42 Å². The maximum Gasteiger partial charge on any atom is 0.253 e. The Balaban J connectivity index is 1.64. The number of H-pyrrole nitrogens is 1. The van der Waals surface area contributed by atoms with Crippen molar-refractivity contribution in [1.29, 1.82) is 0 Å². The van der Waals surface area contributed by atoms with E-state index in [-0.39, 0.29) is 5.91 Å². The third-order valence-electron chi connectivity index (χ3n) is 3.63. The Morgan fingerprint density at radius 2 is 2.04 bits per heavy atom. The van der Waals surface area contributed by atoms with Gasteiger partial charge in [-0.05, 0) is 36.2 Å². The summed E-state index contributed by atoms with van der Waals surface area (Å²) in [7, 11) is 1.64. The Hall–Kier alpha value is -3.02. The molecule has 0 radical (unpaired) electrons. The number of nitrogens with one attached hydrogen (secondary N) is 2. The highest BCUT2D eigenvalue weighted by atomic mass is 16.5. The fourth-order valence-electron chi connectivity index (χ4n) is 2.44. The van der Waals surface area contributed by atoms with Gasteiger partial charge in [0.1, 0.15) is 11.3 Å². The van der Waals surface area contributed by atoms with E-state index in [4.69, 9.17) is 10.5 Å². The third kappa shape index (κ3) is 3.26. The second kappa shape index (κ2) is 6.39. The number of anilines is 1. The topological polar surface area (TPSA) is 93.0 Å². The summed E-state index contributed by atoms with van der Waals surface area (Å²) in [5, 5.41) is 2.91. The normalized spacial score (nSPS) is 10.7. The number of aromatic amines is 1. The summed E-state index contributed by atoms with van der Waals surface area (Å²) in [5.41, 5.74) is 8.65. The SMILES string of the molecule is COc1ccc(CCNC(=O)c2cccc3[nH]c(N)nc23)cc1. The number of hydrogen-bond acceptors (Lipinski definition) is 4. The van der Waals surface area contributed by atoms with Gasteiger partial charge in [-0.25, -0.2) is 4.98 Å². The van der Waals surface area contributed by atoms with E-state index in [2.05, 4.69) is 15.3 Å². The van der Waals surface area contributed by atoms with Gasteiger partial charge in [0, 0.05) is 6.54 Å². The molecule has 1 aromatic heterocycles. The zero-order valence-corrected chi connectivity index (χ0v) is 12.8. The first-order chi connectivity index (χ1) is 11.2. The molecule has 1 amide bonds. The molecule has 1 heterocycles. The fraction of sp³-hybridized carbons (Fsp3) is 0.176. The lowest BCUT2D eigenvalue weighted by Gasteiger charge is -2.07. The third-order valence-corrected chi connectivity index (χ3v) is 3.63. The van der Waals surface area contributed by atoms with E-state index in [0.717, 1.165) is 23.3 Å². The Labute approximate surface area is 133 Å². The largest absolute Gasteiger partial charge is 0.497 e. The number of fused-ring (bicyclic) bond motifs is 1. The highest BCUT2D eigenvalue weighted by Gasteiger charge is 2.12. The van der Waals surface area contributed by atoms with Gasteiger partial charge in [-0.2, -0.15) is 0 Å². The second-order valence-corrected chi connectivity index (χ2v) is 5.18. The van der Waals surface area contributed by atoms with E-state index in [1.165, 1.54) is 0 Å². The van der Waals surface area contributed by atoms with Crippen molar-refractivity contribution in [3.63, 3.8) is 0 Å². The summed E-state index contributed by atoms with van der Waals surface area (Å²) in [6, 6.07) is 13.2. The van der Waals surface area contributed by atoms with E-state index in [0.29, 0.717) is 23.6 Å². The van der Waals surface area contributed by atoms with Crippen LogP contribution in [0, 0.1) is 0 Å². The molecule has 0 aliphatic heterocycles. The molecule has 0 saturated heterocycles. The van der Waals surface area contributed by atoms with E-state index in [1.807, 2.05) is 30.3 Å². The van der Waals surface area contributed by atoms with Crippen LogP contribution in [0.15, 0.2) is 42.5 Å². The van der Waals surface area contributed by atoms with Gasteiger partial charge >= 0.3 is 0 Å². The van der Waals surface area contributed by atoms with Crippen molar-refractivity contribution >= 4 is 22.9 Å². The number of imidazole rings is 1. The number of hydrogen-bond donors (Lipinski definition) is 3. The van der Waals surface area contributed by atoms with Crippen LogP contribution in [0.4, 0.5) is 5.95 Å². The minimum Gasteiger partial charge on any atom is -0.497 e. The first-order valence-electron chi connectivity index (χ1n) is 7.32. The maximum atomic E-state index is 12.3. The summed E-state index contributed by atoms with van der Waals surface area (Å²) < 4.78 is 5.12. The van der Waals surface area contributed by atoms with Crippen LogP contribution < -0.4 is 15.8 Å². The zero-order valence-electron chi connectivity index (χ0n) is 12.8. The average Bonchev–Trinajstić information content (AvgIpc) is 2.95. The number of carbonyl (C=O) groups excluding carboxylic acids is 1. The summed E-state index contributed by atoms with van der Waals surface area (Å²) in [6.45, 7) is 0.543. The number of nitrogens with two attached hydrogens (primary N) is 1. The first-order valence-corrected chi connectivity index (χ1v) is 7.32. The Morgan fingerprint density at radius 3 is 2.78 bits per heavy atom. The molecule has 0 aliphatic carbocycles. The van der Waals surface area contributed by atoms with Gasteiger partial charge < -0.3 is 20.8 Å². The lowest BCUT2D eigenvalue weighted by atomic mass is 10.1. The van der Waals surface area contributed by atoms with Gasteiger partial charge in [-0.15, -0.1) is 0 Å². The lowest BCUT2D eigenvalue weighted by Crippen LogP contribution is -2.25. The van der Waals surface area contributed by atoms with E-state index < -0.39 is 0 Å². The van der Waals surface area contributed by atoms with Crippen molar-refractivity contribution in [2.75, 3.05) is 19.4 Å². The van der Waals surface area contributed by atoms with Crippen LogP contribution in [0.2, 0.25) is 0 Å². The summed E-state index contributed by atoms with van der Waals surface area (Å²) in [5.74, 6) is 0.967. The van der Waals surface area contributed by atoms with Gasteiger partial charge in [0.05, 0.1) is 18.2 Å². The summed E-state index contributed by atoms with van der Waals surface area (Å²) in [6.07, 6.45) is 0.744. The molecule has 6 heteroatoms. The first kappa shape index (κ1) is 14.9. The van der Waals surface area contributed by atoms with Crippen molar-refractivity contribution in [2.24, 2.45) is 0 Å². The zero-order chi connectivity index (χ0) is 16.2. The number of amides is 1. The minimum atomic E-state index is -0.157. The van der Waals surface area contributed by atoms with Crippen LogP contribution in [0.25, 0.3) is 11.0 Å². The van der Waals surface area contributed by atoms with Gasteiger partial charge in [-0.3, -0.25) is 4.79 Å². The van der Waals surface area contributed by atoms with Crippen LogP contribution in [0.5, 0.6) is 5.75 Å². The predicted octanol–water partition coefficient (Wildman–Crippen LogP) is 2.13. The molecule has 3 rings (SSSR count). The summed E-state index contributed by atoms with van der Waals surface area (Å²) >= 11 is 0. The van der Waals surface area contributed by atoms with Gasteiger partial charge in [-0.1, -0.05) is 18.2 Å². The van der Waals surface area contributed by atoms with Crippen molar-refractivity contribution in [3.8, 4) is 5.75 Å². The standard InChI is InChI=1S/C17H18N4O2/c1-23-12-7-5-11(6-8-12)9-10-19-16(22)13-3-2-4-14-15(13)21-17(18)20-14/h2-8H,9-10H2,1H3,(H,19,22)(H3,18,20,21). The lowest BCUT2D eigenvalue weighted by molar-refractivity contribution is 0.0955.